The molecule has 0 aliphatic carbocycles. The third-order valence-corrected chi connectivity index (χ3v) is 5.76. The van der Waals surface area contributed by atoms with Gasteiger partial charge in [-0.1, -0.05) is 38.5 Å². The number of rotatable bonds is 9. The SMILES string of the molecule is CCCCc1c(C)n(CCC)c(=O)n1Cc1cc(-c2cccc(-c3nn[nH]n3)c2)ccn1. The van der Waals surface area contributed by atoms with Gasteiger partial charge in [-0.05, 0) is 60.7 Å². The molecule has 0 saturated carbocycles. The molecule has 0 fully saturated rings. The Morgan fingerprint density at radius 1 is 1.00 bits per heavy atom. The van der Waals surface area contributed by atoms with Gasteiger partial charge in [-0.2, -0.15) is 5.21 Å². The van der Waals surface area contributed by atoms with Gasteiger partial charge in [-0.3, -0.25) is 14.1 Å². The van der Waals surface area contributed by atoms with Crippen LogP contribution in [0.2, 0.25) is 0 Å². The maximum Gasteiger partial charge on any atom is 0.328 e. The van der Waals surface area contributed by atoms with Gasteiger partial charge in [0.1, 0.15) is 0 Å². The Hall–Kier alpha value is -3.55. The Morgan fingerprint density at radius 3 is 2.56 bits per heavy atom. The third kappa shape index (κ3) is 4.39. The molecule has 0 aliphatic heterocycles. The molecule has 8 nitrogen and oxygen atoms in total. The van der Waals surface area contributed by atoms with Crippen molar-refractivity contribution in [3.63, 3.8) is 0 Å². The molecule has 0 radical (unpaired) electrons. The zero-order chi connectivity index (χ0) is 22.5. The van der Waals surface area contributed by atoms with Crippen LogP contribution in [0.3, 0.4) is 0 Å². The second-order valence-corrected chi connectivity index (χ2v) is 8.01. The van der Waals surface area contributed by atoms with Gasteiger partial charge >= 0.3 is 5.69 Å². The van der Waals surface area contributed by atoms with Crippen molar-refractivity contribution in [3.05, 3.63) is 70.2 Å². The Balaban J connectivity index is 1.68. The summed E-state index contributed by atoms with van der Waals surface area (Å²) in [5.41, 5.74) is 6.08. The molecule has 1 aromatic carbocycles. The normalized spacial score (nSPS) is 11.2. The van der Waals surface area contributed by atoms with Crippen molar-refractivity contribution in [1.82, 2.24) is 34.7 Å². The van der Waals surface area contributed by atoms with Crippen molar-refractivity contribution >= 4 is 0 Å². The summed E-state index contributed by atoms with van der Waals surface area (Å²) in [6.07, 6.45) is 5.80. The van der Waals surface area contributed by atoms with E-state index in [2.05, 4.69) is 52.4 Å². The number of H-pyrrole nitrogens is 1. The van der Waals surface area contributed by atoms with Crippen LogP contribution in [0.5, 0.6) is 0 Å². The summed E-state index contributed by atoms with van der Waals surface area (Å²) in [5, 5.41) is 14.3. The topological polar surface area (TPSA) is 94.3 Å². The second-order valence-electron chi connectivity index (χ2n) is 8.01. The number of benzene rings is 1. The molecule has 32 heavy (non-hydrogen) atoms. The van der Waals surface area contributed by atoms with Crippen molar-refractivity contribution < 1.29 is 0 Å². The average molecular weight is 432 g/mol. The van der Waals surface area contributed by atoms with E-state index in [0.717, 1.165) is 66.0 Å². The van der Waals surface area contributed by atoms with Gasteiger partial charge in [-0.25, -0.2) is 4.79 Å². The number of hydrogen-bond donors (Lipinski definition) is 1. The minimum absolute atomic E-state index is 0.0572. The van der Waals surface area contributed by atoms with Crippen molar-refractivity contribution in [1.29, 1.82) is 0 Å². The monoisotopic (exact) mass is 431 g/mol. The first-order chi connectivity index (χ1) is 15.6. The highest BCUT2D eigenvalue weighted by atomic mass is 16.1. The largest absolute Gasteiger partial charge is 0.328 e. The van der Waals surface area contributed by atoms with Crippen LogP contribution < -0.4 is 5.69 Å². The minimum Gasteiger partial charge on any atom is -0.296 e. The standard InChI is InChI=1S/C24H29N7O/c1-4-6-10-22-17(3)30(13-5-2)24(32)31(22)16-21-15-19(11-12-25-21)18-8-7-9-20(14-18)23-26-28-29-27-23/h7-9,11-12,14-15H,4-6,10,13,16H2,1-3H3,(H,26,27,28,29). The van der Waals surface area contributed by atoms with E-state index in [9.17, 15) is 4.79 Å². The van der Waals surface area contributed by atoms with Gasteiger partial charge < -0.3 is 0 Å². The molecule has 0 aliphatic rings. The fraction of sp³-hybridized carbons (Fsp3) is 0.375. The van der Waals surface area contributed by atoms with E-state index < -0.39 is 0 Å². The lowest BCUT2D eigenvalue weighted by Gasteiger charge is -2.09. The molecule has 3 heterocycles. The van der Waals surface area contributed by atoms with Gasteiger partial charge in [0, 0.05) is 29.7 Å². The van der Waals surface area contributed by atoms with Crippen molar-refractivity contribution in [3.8, 4) is 22.5 Å². The highest BCUT2D eigenvalue weighted by Gasteiger charge is 2.17. The fourth-order valence-electron chi connectivity index (χ4n) is 4.09. The van der Waals surface area contributed by atoms with Gasteiger partial charge in [0.05, 0.1) is 12.2 Å². The molecule has 0 bridgehead atoms. The zero-order valence-corrected chi connectivity index (χ0v) is 18.9. The van der Waals surface area contributed by atoms with Crippen LogP contribution in [0.25, 0.3) is 22.5 Å². The number of imidazole rings is 1. The molecular weight excluding hydrogens is 402 g/mol. The van der Waals surface area contributed by atoms with Crippen LogP contribution in [0, 0.1) is 6.92 Å². The highest BCUT2D eigenvalue weighted by molar-refractivity contribution is 5.70. The van der Waals surface area contributed by atoms with E-state index in [-0.39, 0.29) is 5.69 Å². The van der Waals surface area contributed by atoms with Crippen molar-refractivity contribution in [2.75, 3.05) is 0 Å². The van der Waals surface area contributed by atoms with Crippen LogP contribution in [-0.4, -0.2) is 34.7 Å². The molecule has 4 rings (SSSR count). The number of aromatic amines is 1. The lowest BCUT2D eigenvalue weighted by atomic mass is 10.0. The van der Waals surface area contributed by atoms with Crippen molar-refractivity contribution in [2.24, 2.45) is 0 Å². The summed E-state index contributed by atoms with van der Waals surface area (Å²) in [5.74, 6) is 0.556. The first-order valence-electron chi connectivity index (χ1n) is 11.2. The maximum atomic E-state index is 13.2. The molecule has 166 valence electrons. The zero-order valence-electron chi connectivity index (χ0n) is 18.9. The Labute approximate surface area is 187 Å². The maximum absolute atomic E-state index is 13.2. The summed E-state index contributed by atoms with van der Waals surface area (Å²) in [4.78, 5) is 17.7. The third-order valence-electron chi connectivity index (χ3n) is 5.76. The van der Waals surface area contributed by atoms with Gasteiger partial charge in [0.25, 0.3) is 0 Å². The van der Waals surface area contributed by atoms with Crippen LogP contribution in [0.1, 0.15) is 50.2 Å². The molecule has 0 atom stereocenters. The van der Waals surface area contributed by atoms with Gasteiger partial charge in [0.15, 0.2) is 0 Å². The first-order valence-corrected chi connectivity index (χ1v) is 11.2. The number of pyridine rings is 1. The lowest BCUT2D eigenvalue weighted by molar-refractivity contribution is 0.608. The molecule has 8 heteroatoms. The predicted octanol–water partition coefficient (Wildman–Crippen LogP) is 4.00. The highest BCUT2D eigenvalue weighted by Crippen LogP contribution is 2.25. The van der Waals surface area contributed by atoms with Gasteiger partial charge in [0.2, 0.25) is 5.82 Å². The number of nitrogens with one attached hydrogen (secondary N) is 1. The van der Waals surface area contributed by atoms with E-state index in [1.54, 1.807) is 6.20 Å². The summed E-state index contributed by atoms with van der Waals surface area (Å²) in [7, 11) is 0. The number of unbranched alkanes of at least 4 members (excludes halogenated alkanes) is 1. The summed E-state index contributed by atoms with van der Waals surface area (Å²) in [6.45, 7) is 7.55. The quantitative estimate of drug-likeness (QED) is 0.432. The summed E-state index contributed by atoms with van der Waals surface area (Å²) in [6, 6.07) is 12.0. The molecule has 0 unspecified atom stereocenters. The molecule has 0 amide bonds. The molecule has 0 spiro atoms. The lowest BCUT2D eigenvalue weighted by Crippen LogP contribution is -2.26. The average Bonchev–Trinajstić information content (AvgIpc) is 3.43. The Morgan fingerprint density at radius 2 is 1.81 bits per heavy atom. The number of tetrazole rings is 1. The summed E-state index contributed by atoms with van der Waals surface area (Å²) < 4.78 is 3.81. The summed E-state index contributed by atoms with van der Waals surface area (Å²) >= 11 is 0. The van der Waals surface area contributed by atoms with E-state index in [4.69, 9.17) is 0 Å². The Kier molecular flexibility index (Phi) is 6.58. The van der Waals surface area contributed by atoms with Crippen molar-refractivity contribution in [2.45, 2.75) is 59.5 Å². The fourth-order valence-corrected chi connectivity index (χ4v) is 4.09. The first kappa shape index (κ1) is 21.7. The molecule has 0 saturated heterocycles. The molecule has 4 aromatic rings. The van der Waals surface area contributed by atoms with Crippen LogP contribution in [0.15, 0.2) is 47.4 Å². The molecule has 3 aromatic heterocycles. The number of aromatic nitrogens is 7. The van der Waals surface area contributed by atoms with E-state index in [1.807, 2.05) is 39.5 Å². The smallest absolute Gasteiger partial charge is 0.296 e. The second kappa shape index (κ2) is 9.72. The minimum atomic E-state index is 0.0572. The predicted molar refractivity (Wildman–Crippen MR) is 124 cm³/mol. The molecule has 1 N–H and O–H groups in total. The van der Waals surface area contributed by atoms with Gasteiger partial charge in [-0.15, -0.1) is 10.2 Å². The van der Waals surface area contributed by atoms with Crippen LogP contribution in [-0.2, 0) is 19.5 Å². The Bertz CT molecular complexity index is 1240. The van der Waals surface area contributed by atoms with E-state index in [0.29, 0.717) is 12.4 Å². The number of hydrogen-bond acceptors (Lipinski definition) is 5. The van der Waals surface area contributed by atoms with Crippen LogP contribution in [0.4, 0.5) is 0 Å². The van der Waals surface area contributed by atoms with E-state index in [1.165, 1.54) is 0 Å². The molecular formula is C24H29N7O. The van der Waals surface area contributed by atoms with E-state index >= 15 is 0 Å². The number of nitrogens with zero attached hydrogens (tertiary/aromatic N) is 6. The van der Waals surface area contributed by atoms with Crippen LogP contribution >= 0.6 is 0 Å².